The van der Waals surface area contributed by atoms with Crippen LogP contribution >= 0.6 is 11.3 Å². The molecule has 1 heterocycles. The fourth-order valence-electron chi connectivity index (χ4n) is 1.75. The molecule has 4 nitrogen and oxygen atoms in total. The molecule has 90 valence electrons. The lowest BCUT2D eigenvalue weighted by Crippen LogP contribution is -1.94. The van der Waals surface area contributed by atoms with Crippen molar-refractivity contribution in [3.63, 3.8) is 0 Å². The average Bonchev–Trinajstić information content (AvgIpc) is 2.63. The number of hydrogen-bond acceptors (Lipinski definition) is 4. The van der Waals surface area contributed by atoms with Gasteiger partial charge in [-0.2, -0.15) is 0 Å². The molecular weight excluding hydrogens is 236 g/mol. The van der Waals surface area contributed by atoms with Crippen molar-refractivity contribution in [3.05, 3.63) is 23.8 Å². The van der Waals surface area contributed by atoms with E-state index >= 15 is 0 Å². The summed E-state index contributed by atoms with van der Waals surface area (Å²) in [6.45, 7) is 0. The van der Waals surface area contributed by atoms with Gasteiger partial charge in [-0.3, -0.25) is 4.79 Å². The molecule has 1 aromatic carbocycles. The summed E-state index contributed by atoms with van der Waals surface area (Å²) in [4.78, 5) is 14.6. The molecule has 0 unspecified atom stereocenters. The van der Waals surface area contributed by atoms with E-state index in [1.54, 1.807) is 0 Å². The van der Waals surface area contributed by atoms with Gasteiger partial charge in [0.25, 0.3) is 0 Å². The SMILES string of the molecule is Nc1nc2ccc(CCCCC(=O)O)cc2s1. The molecule has 0 atom stereocenters. The summed E-state index contributed by atoms with van der Waals surface area (Å²) < 4.78 is 1.10. The molecule has 1 aromatic heterocycles. The largest absolute Gasteiger partial charge is 0.481 e. The van der Waals surface area contributed by atoms with Crippen molar-refractivity contribution in [2.24, 2.45) is 0 Å². The Labute approximate surface area is 103 Å². The zero-order chi connectivity index (χ0) is 12.3. The van der Waals surface area contributed by atoms with Crippen molar-refractivity contribution in [1.29, 1.82) is 0 Å². The third-order valence-electron chi connectivity index (χ3n) is 2.58. The van der Waals surface area contributed by atoms with E-state index in [2.05, 4.69) is 11.1 Å². The van der Waals surface area contributed by atoms with Crippen molar-refractivity contribution >= 4 is 32.7 Å². The lowest BCUT2D eigenvalue weighted by atomic mass is 10.1. The molecule has 0 spiro atoms. The Hall–Kier alpha value is -1.62. The van der Waals surface area contributed by atoms with Gasteiger partial charge >= 0.3 is 5.97 Å². The minimum Gasteiger partial charge on any atom is -0.481 e. The number of nitrogen functional groups attached to an aromatic ring is 1. The predicted octanol–water partition coefficient (Wildman–Crippen LogP) is 2.68. The zero-order valence-corrected chi connectivity index (χ0v) is 10.2. The molecule has 0 amide bonds. The summed E-state index contributed by atoms with van der Waals surface area (Å²) in [5.41, 5.74) is 7.78. The van der Waals surface area contributed by atoms with Crippen LogP contribution < -0.4 is 5.73 Å². The third kappa shape index (κ3) is 3.17. The first kappa shape index (κ1) is 11.9. The number of benzene rings is 1. The van der Waals surface area contributed by atoms with Gasteiger partial charge < -0.3 is 10.8 Å². The number of aromatic nitrogens is 1. The lowest BCUT2D eigenvalue weighted by Gasteiger charge is -2.00. The maximum atomic E-state index is 10.4. The van der Waals surface area contributed by atoms with Gasteiger partial charge in [-0.15, -0.1) is 0 Å². The molecule has 0 radical (unpaired) electrons. The Morgan fingerprint density at radius 2 is 2.24 bits per heavy atom. The number of anilines is 1. The molecule has 17 heavy (non-hydrogen) atoms. The summed E-state index contributed by atoms with van der Waals surface area (Å²) in [5.74, 6) is -0.726. The minimum absolute atomic E-state index is 0.246. The summed E-state index contributed by atoms with van der Waals surface area (Å²) in [7, 11) is 0. The number of rotatable bonds is 5. The van der Waals surface area contributed by atoms with Gasteiger partial charge in [-0.1, -0.05) is 17.4 Å². The van der Waals surface area contributed by atoms with Gasteiger partial charge in [-0.05, 0) is 37.0 Å². The molecule has 3 N–H and O–H groups in total. The second-order valence-corrected chi connectivity index (χ2v) is 5.02. The van der Waals surface area contributed by atoms with E-state index in [4.69, 9.17) is 10.8 Å². The summed E-state index contributed by atoms with van der Waals surface area (Å²) in [6.07, 6.45) is 2.76. The van der Waals surface area contributed by atoms with Gasteiger partial charge in [0.1, 0.15) is 0 Å². The minimum atomic E-state index is -0.726. The maximum absolute atomic E-state index is 10.4. The lowest BCUT2D eigenvalue weighted by molar-refractivity contribution is -0.137. The first-order valence-corrected chi connectivity index (χ1v) is 6.33. The highest BCUT2D eigenvalue weighted by molar-refractivity contribution is 7.22. The van der Waals surface area contributed by atoms with Crippen LogP contribution in [-0.2, 0) is 11.2 Å². The molecule has 0 aliphatic carbocycles. The van der Waals surface area contributed by atoms with Crippen molar-refractivity contribution in [2.45, 2.75) is 25.7 Å². The molecule has 2 aromatic rings. The molecule has 5 heteroatoms. The van der Waals surface area contributed by atoms with Crippen LogP contribution in [0.3, 0.4) is 0 Å². The number of nitrogens with zero attached hydrogens (tertiary/aromatic N) is 1. The number of carbonyl (C=O) groups is 1. The third-order valence-corrected chi connectivity index (χ3v) is 3.42. The van der Waals surface area contributed by atoms with Crippen molar-refractivity contribution in [1.82, 2.24) is 4.98 Å². The smallest absolute Gasteiger partial charge is 0.303 e. The molecule has 2 rings (SSSR count). The number of aliphatic carboxylic acids is 1. The molecule has 0 fully saturated rings. The molecular formula is C12H14N2O2S. The number of aryl methyl sites for hydroxylation is 1. The summed E-state index contributed by atoms with van der Waals surface area (Å²) >= 11 is 1.48. The van der Waals surface area contributed by atoms with E-state index in [0.29, 0.717) is 5.13 Å². The van der Waals surface area contributed by atoms with E-state index < -0.39 is 5.97 Å². The van der Waals surface area contributed by atoms with Crippen LogP contribution in [0.2, 0.25) is 0 Å². The zero-order valence-electron chi connectivity index (χ0n) is 9.35. The van der Waals surface area contributed by atoms with E-state index in [-0.39, 0.29) is 6.42 Å². The normalized spacial score (nSPS) is 10.8. The van der Waals surface area contributed by atoms with Crippen LogP contribution in [-0.4, -0.2) is 16.1 Å². The Morgan fingerprint density at radius 3 is 3.00 bits per heavy atom. The second kappa shape index (κ2) is 5.14. The van der Waals surface area contributed by atoms with Crippen LogP contribution in [0.1, 0.15) is 24.8 Å². The second-order valence-electron chi connectivity index (χ2n) is 3.96. The number of carboxylic acids is 1. The Kier molecular flexibility index (Phi) is 3.58. The quantitative estimate of drug-likeness (QED) is 0.800. The van der Waals surface area contributed by atoms with Gasteiger partial charge in [-0.25, -0.2) is 4.98 Å². The predicted molar refractivity (Wildman–Crippen MR) is 69.2 cm³/mol. The molecule has 0 saturated heterocycles. The highest BCUT2D eigenvalue weighted by atomic mass is 32.1. The van der Waals surface area contributed by atoms with Gasteiger partial charge in [0.05, 0.1) is 10.2 Å². The van der Waals surface area contributed by atoms with E-state index in [1.165, 1.54) is 16.9 Å². The van der Waals surface area contributed by atoms with Gasteiger partial charge in [0.2, 0.25) is 0 Å². The topological polar surface area (TPSA) is 76.2 Å². The van der Waals surface area contributed by atoms with Gasteiger partial charge in [0.15, 0.2) is 5.13 Å². The standard InChI is InChI=1S/C12H14N2O2S/c13-12-14-9-6-5-8(7-10(9)17-12)3-1-2-4-11(15)16/h5-7H,1-4H2,(H2,13,14)(H,15,16). The fraction of sp³-hybridized carbons (Fsp3) is 0.333. The van der Waals surface area contributed by atoms with Crippen molar-refractivity contribution < 1.29 is 9.90 Å². The number of fused-ring (bicyclic) bond motifs is 1. The Morgan fingerprint density at radius 1 is 1.41 bits per heavy atom. The number of hydrogen-bond donors (Lipinski definition) is 2. The average molecular weight is 250 g/mol. The number of carboxylic acid groups (broad SMARTS) is 1. The van der Waals surface area contributed by atoms with Crippen LogP contribution in [0, 0.1) is 0 Å². The van der Waals surface area contributed by atoms with Gasteiger partial charge in [0, 0.05) is 6.42 Å². The fourth-order valence-corrected chi connectivity index (χ4v) is 2.55. The Balaban J connectivity index is 1.96. The van der Waals surface area contributed by atoms with E-state index in [9.17, 15) is 4.79 Å². The molecule has 0 bridgehead atoms. The monoisotopic (exact) mass is 250 g/mol. The number of unbranched alkanes of at least 4 members (excludes halogenated alkanes) is 1. The Bertz CT molecular complexity index is 536. The number of thiazole rings is 1. The first-order chi connectivity index (χ1) is 8.15. The highest BCUT2D eigenvalue weighted by Crippen LogP contribution is 2.25. The van der Waals surface area contributed by atoms with E-state index in [0.717, 1.165) is 29.5 Å². The molecule has 0 aliphatic heterocycles. The van der Waals surface area contributed by atoms with Crippen molar-refractivity contribution in [2.75, 3.05) is 5.73 Å². The highest BCUT2D eigenvalue weighted by Gasteiger charge is 2.03. The van der Waals surface area contributed by atoms with Crippen molar-refractivity contribution in [3.8, 4) is 0 Å². The van der Waals surface area contributed by atoms with E-state index in [1.807, 2.05) is 12.1 Å². The summed E-state index contributed by atoms with van der Waals surface area (Å²) in [5, 5.41) is 9.12. The number of nitrogens with two attached hydrogens (primary N) is 1. The first-order valence-electron chi connectivity index (χ1n) is 5.52. The maximum Gasteiger partial charge on any atom is 0.303 e. The van der Waals surface area contributed by atoms with Crippen LogP contribution in [0.5, 0.6) is 0 Å². The van der Waals surface area contributed by atoms with Crippen LogP contribution in [0.15, 0.2) is 18.2 Å². The van der Waals surface area contributed by atoms with Crippen LogP contribution in [0.4, 0.5) is 5.13 Å². The summed E-state index contributed by atoms with van der Waals surface area (Å²) in [6, 6.07) is 6.08. The van der Waals surface area contributed by atoms with Crippen LogP contribution in [0.25, 0.3) is 10.2 Å². The molecule has 0 saturated carbocycles. The molecule has 0 aliphatic rings.